The largest absolute Gasteiger partial charge is 0.494 e. The lowest BCUT2D eigenvalue weighted by atomic mass is 9.51. The van der Waals surface area contributed by atoms with Crippen LogP contribution in [0.5, 0.6) is 5.75 Å². The summed E-state index contributed by atoms with van der Waals surface area (Å²) in [4.78, 5) is 0. The van der Waals surface area contributed by atoms with Gasteiger partial charge >= 0.3 is 0 Å². The average molecular weight is 300 g/mol. The normalized spacial score (nSPS) is 30.5. The van der Waals surface area contributed by atoms with E-state index >= 15 is 0 Å². The molecule has 0 aromatic heterocycles. The monoisotopic (exact) mass is 300 g/mol. The van der Waals surface area contributed by atoms with E-state index in [0.717, 1.165) is 18.8 Å². The van der Waals surface area contributed by atoms with E-state index in [4.69, 9.17) is 4.74 Å². The summed E-state index contributed by atoms with van der Waals surface area (Å²) < 4.78 is 5.73. The van der Waals surface area contributed by atoms with Crippen molar-refractivity contribution in [2.45, 2.75) is 83.5 Å². The zero-order chi connectivity index (χ0) is 15.5. The molecule has 22 heavy (non-hydrogen) atoms. The van der Waals surface area contributed by atoms with Crippen molar-refractivity contribution >= 4 is 0 Å². The minimum absolute atomic E-state index is 0.483. The molecule has 3 aliphatic rings. The van der Waals surface area contributed by atoms with Crippen LogP contribution in [0.3, 0.4) is 0 Å². The molecule has 1 aromatic rings. The number of fused-ring (bicyclic) bond motifs is 3. The lowest BCUT2D eigenvalue weighted by Crippen LogP contribution is -2.44. The fourth-order valence-electron chi connectivity index (χ4n) is 4.75. The third kappa shape index (κ3) is 3.05. The van der Waals surface area contributed by atoms with Crippen LogP contribution in [0.2, 0.25) is 0 Å². The molecule has 0 radical (unpaired) electrons. The Kier molecular flexibility index (Phi) is 4.80. The number of hydrogen-bond donors (Lipinski definition) is 0. The zero-order valence-corrected chi connectivity index (χ0v) is 14.5. The van der Waals surface area contributed by atoms with E-state index in [9.17, 15) is 0 Å². The first-order chi connectivity index (χ1) is 10.7. The molecule has 3 aliphatic carbocycles. The molecule has 0 N–H and O–H groups in total. The third-order valence-electron chi connectivity index (χ3n) is 6.40. The number of rotatable bonds is 7. The summed E-state index contributed by atoms with van der Waals surface area (Å²) in [6.07, 6.45) is 13.9. The maximum Gasteiger partial charge on any atom is 0.119 e. The van der Waals surface area contributed by atoms with Gasteiger partial charge in [0.15, 0.2) is 0 Å². The average Bonchev–Trinajstić information content (AvgIpc) is 2.60. The predicted octanol–water partition coefficient (Wildman–Crippen LogP) is 6.26. The zero-order valence-electron chi connectivity index (χ0n) is 14.5. The second-order valence-electron chi connectivity index (χ2n) is 7.76. The van der Waals surface area contributed by atoms with E-state index in [1.165, 1.54) is 57.8 Å². The van der Waals surface area contributed by atoms with Gasteiger partial charge in [0.05, 0.1) is 6.61 Å². The first-order valence-electron chi connectivity index (χ1n) is 9.45. The third-order valence-corrected chi connectivity index (χ3v) is 6.40. The molecular weight excluding hydrogens is 268 g/mol. The topological polar surface area (TPSA) is 9.23 Å². The molecule has 0 saturated heterocycles. The first-order valence-corrected chi connectivity index (χ1v) is 9.45. The lowest BCUT2D eigenvalue weighted by Gasteiger charge is -2.54. The summed E-state index contributed by atoms with van der Waals surface area (Å²) in [6.45, 7) is 5.31. The van der Waals surface area contributed by atoms with Crippen LogP contribution < -0.4 is 4.74 Å². The van der Waals surface area contributed by atoms with Crippen LogP contribution >= 0.6 is 0 Å². The summed E-state index contributed by atoms with van der Waals surface area (Å²) in [5, 5.41) is 0. The standard InChI is InChI=1S/C21H32O/c1-3-5-10-20-11-14-21(15-12-20,16-13-20)18-6-8-19(9-7-18)22-17-4-2/h6-9H,3-5,10-17H2,1-2H3. The van der Waals surface area contributed by atoms with E-state index in [1.807, 2.05) is 0 Å². The van der Waals surface area contributed by atoms with Gasteiger partial charge < -0.3 is 4.74 Å². The van der Waals surface area contributed by atoms with Crippen LogP contribution in [0.4, 0.5) is 0 Å². The SMILES string of the molecule is CCCCC12CCC(c3ccc(OCCC)cc3)(CC1)CC2. The van der Waals surface area contributed by atoms with Gasteiger partial charge in [0.1, 0.15) is 5.75 Å². The second-order valence-corrected chi connectivity index (χ2v) is 7.76. The summed E-state index contributed by atoms with van der Waals surface area (Å²) in [7, 11) is 0. The molecule has 0 atom stereocenters. The van der Waals surface area contributed by atoms with Crippen molar-refractivity contribution in [2.24, 2.45) is 5.41 Å². The molecule has 0 aliphatic heterocycles. The van der Waals surface area contributed by atoms with Gasteiger partial charge in [-0.25, -0.2) is 0 Å². The number of benzene rings is 1. The van der Waals surface area contributed by atoms with Gasteiger partial charge in [0.2, 0.25) is 0 Å². The maximum absolute atomic E-state index is 5.73. The van der Waals surface area contributed by atoms with Crippen LogP contribution in [0.1, 0.15) is 83.6 Å². The van der Waals surface area contributed by atoms with Gasteiger partial charge in [-0.1, -0.05) is 38.8 Å². The summed E-state index contributed by atoms with van der Waals surface area (Å²) in [6, 6.07) is 9.06. The molecule has 122 valence electrons. The second kappa shape index (κ2) is 6.64. The molecule has 2 bridgehead atoms. The molecule has 0 spiro atoms. The number of hydrogen-bond acceptors (Lipinski definition) is 1. The summed E-state index contributed by atoms with van der Waals surface area (Å²) in [5.74, 6) is 1.03. The molecule has 3 fully saturated rings. The number of unbranched alkanes of at least 4 members (excludes halogenated alkanes) is 1. The van der Waals surface area contributed by atoms with Gasteiger partial charge in [-0.3, -0.25) is 0 Å². The Balaban J connectivity index is 1.66. The molecule has 3 saturated carbocycles. The van der Waals surface area contributed by atoms with Gasteiger partial charge in [-0.2, -0.15) is 0 Å². The van der Waals surface area contributed by atoms with Crippen molar-refractivity contribution < 1.29 is 4.74 Å². The van der Waals surface area contributed by atoms with Crippen molar-refractivity contribution in [1.82, 2.24) is 0 Å². The van der Waals surface area contributed by atoms with E-state index in [2.05, 4.69) is 38.1 Å². The molecule has 4 rings (SSSR count). The van der Waals surface area contributed by atoms with E-state index in [1.54, 1.807) is 5.56 Å². The molecule has 0 heterocycles. The molecule has 0 amide bonds. The minimum atomic E-state index is 0.483. The van der Waals surface area contributed by atoms with E-state index in [-0.39, 0.29) is 0 Å². The van der Waals surface area contributed by atoms with Gasteiger partial charge in [0, 0.05) is 0 Å². The highest BCUT2D eigenvalue weighted by atomic mass is 16.5. The Bertz CT molecular complexity index is 449. The highest BCUT2D eigenvalue weighted by Crippen LogP contribution is 2.59. The lowest BCUT2D eigenvalue weighted by molar-refractivity contribution is 0.0308. The van der Waals surface area contributed by atoms with Crippen LogP contribution in [0, 0.1) is 5.41 Å². The van der Waals surface area contributed by atoms with Crippen molar-refractivity contribution in [3.05, 3.63) is 29.8 Å². The van der Waals surface area contributed by atoms with Crippen molar-refractivity contribution in [3.63, 3.8) is 0 Å². The Morgan fingerprint density at radius 3 is 2.05 bits per heavy atom. The minimum Gasteiger partial charge on any atom is -0.494 e. The fourth-order valence-corrected chi connectivity index (χ4v) is 4.75. The molecule has 1 heteroatoms. The Hall–Kier alpha value is -0.980. The van der Waals surface area contributed by atoms with Crippen LogP contribution in [-0.4, -0.2) is 6.61 Å². The number of ether oxygens (including phenoxy) is 1. The quantitative estimate of drug-likeness (QED) is 0.577. The highest BCUT2D eigenvalue weighted by molar-refractivity contribution is 5.34. The maximum atomic E-state index is 5.73. The van der Waals surface area contributed by atoms with E-state index in [0.29, 0.717) is 10.8 Å². The molecular formula is C21H32O. The smallest absolute Gasteiger partial charge is 0.119 e. The van der Waals surface area contributed by atoms with Gasteiger partial charge in [-0.15, -0.1) is 0 Å². The molecule has 1 aromatic carbocycles. The van der Waals surface area contributed by atoms with Crippen molar-refractivity contribution in [2.75, 3.05) is 6.61 Å². The Labute approximate surface area is 136 Å². The highest BCUT2D eigenvalue weighted by Gasteiger charge is 2.48. The Morgan fingerprint density at radius 2 is 1.50 bits per heavy atom. The Morgan fingerprint density at radius 1 is 0.864 bits per heavy atom. The first kappa shape index (κ1) is 15.9. The molecule has 1 nitrogen and oxygen atoms in total. The predicted molar refractivity (Wildman–Crippen MR) is 93.6 cm³/mol. The van der Waals surface area contributed by atoms with Gasteiger partial charge in [0.25, 0.3) is 0 Å². The molecule has 0 unspecified atom stereocenters. The summed E-state index contributed by atoms with van der Waals surface area (Å²) >= 11 is 0. The van der Waals surface area contributed by atoms with E-state index < -0.39 is 0 Å². The van der Waals surface area contributed by atoms with Gasteiger partial charge in [-0.05, 0) is 79.9 Å². The van der Waals surface area contributed by atoms with Crippen molar-refractivity contribution in [3.8, 4) is 5.75 Å². The van der Waals surface area contributed by atoms with Crippen molar-refractivity contribution in [1.29, 1.82) is 0 Å². The van der Waals surface area contributed by atoms with Crippen LogP contribution in [-0.2, 0) is 5.41 Å². The van der Waals surface area contributed by atoms with Crippen LogP contribution in [0.15, 0.2) is 24.3 Å². The fraction of sp³-hybridized carbons (Fsp3) is 0.714. The summed E-state index contributed by atoms with van der Waals surface area (Å²) in [5.41, 5.74) is 2.76. The van der Waals surface area contributed by atoms with Crippen LogP contribution in [0.25, 0.3) is 0 Å².